The zero-order chi connectivity index (χ0) is 15.9. The van der Waals surface area contributed by atoms with Crippen molar-refractivity contribution in [2.75, 3.05) is 0 Å². The van der Waals surface area contributed by atoms with E-state index in [-0.39, 0.29) is 0 Å². The normalized spacial score (nSPS) is 12.1. The van der Waals surface area contributed by atoms with Crippen LogP contribution in [0.15, 0.2) is 58.1 Å². The van der Waals surface area contributed by atoms with E-state index in [1.54, 1.807) is 37.3 Å². The monoisotopic (exact) mass is 364 g/mol. The standard InChI is InChI=1S/C16H14BrFN2O2/c1-11(22-15-9-5-3-7-13(15)17)16(21)20-19-10-12-6-2-4-8-14(12)18/h2-11H,1H3,(H,20,21)/b19-10+. The molecule has 6 heteroatoms. The van der Waals surface area contributed by atoms with E-state index in [9.17, 15) is 9.18 Å². The SMILES string of the molecule is CC(Oc1ccccc1Br)C(=O)N/N=C/c1ccccc1F. The lowest BCUT2D eigenvalue weighted by atomic mass is 10.2. The van der Waals surface area contributed by atoms with E-state index < -0.39 is 17.8 Å². The number of rotatable bonds is 5. The number of nitrogens with zero attached hydrogens (tertiary/aromatic N) is 1. The molecular weight excluding hydrogens is 351 g/mol. The molecule has 0 aliphatic rings. The van der Waals surface area contributed by atoms with E-state index in [0.717, 1.165) is 4.47 Å². The van der Waals surface area contributed by atoms with Crippen LogP contribution in [0.2, 0.25) is 0 Å². The van der Waals surface area contributed by atoms with Gasteiger partial charge in [0.25, 0.3) is 5.91 Å². The topological polar surface area (TPSA) is 50.7 Å². The highest BCUT2D eigenvalue weighted by Gasteiger charge is 2.15. The largest absolute Gasteiger partial charge is 0.480 e. The fourth-order valence-corrected chi connectivity index (χ4v) is 2.00. The Morgan fingerprint density at radius 3 is 2.68 bits per heavy atom. The van der Waals surface area contributed by atoms with Gasteiger partial charge >= 0.3 is 0 Å². The zero-order valence-electron chi connectivity index (χ0n) is 11.8. The lowest BCUT2D eigenvalue weighted by Gasteiger charge is -2.13. The number of hydrogen-bond donors (Lipinski definition) is 1. The van der Waals surface area contributed by atoms with Crippen molar-refractivity contribution in [1.82, 2.24) is 5.43 Å². The van der Waals surface area contributed by atoms with Crippen molar-refractivity contribution < 1.29 is 13.9 Å². The summed E-state index contributed by atoms with van der Waals surface area (Å²) in [7, 11) is 0. The summed E-state index contributed by atoms with van der Waals surface area (Å²) in [6.45, 7) is 1.60. The molecule has 1 N–H and O–H groups in total. The summed E-state index contributed by atoms with van der Waals surface area (Å²) in [5.74, 6) is -0.274. The van der Waals surface area contributed by atoms with Crippen LogP contribution in [0.4, 0.5) is 4.39 Å². The van der Waals surface area contributed by atoms with Gasteiger partial charge in [-0.25, -0.2) is 9.82 Å². The minimum atomic E-state index is -0.739. The highest BCUT2D eigenvalue weighted by Crippen LogP contribution is 2.24. The molecule has 0 saturated carbocycles. The van der Waals surface area contributed by atoms with Gasteiger partial charge in [0.05, 0.1) is 10.7 Å². The first-order valence-electron chi connectivity index (χ1n) is 6.56. The molecule has 0 aliphatic heterocycles. The van der Waals surface area contributed by atoms with Crippen molar-refractivity contribution in [3.8, 4) is 5.75 Å². The number of carbonyl (C=O) groups excluding carboxylic acids is 1. The van der Waals surface area contributed by atoms with E-state index >= 15 is 0 Å². The average molecular weight is 365 g/mol. The number of carbonyl (C=O) groups is 1. The van der Waals surface area contributed by atoms with Gasteiger partial charge in [-0.05, 0) is 41.1 Å². The number of amides is 1. The number of hydrogen-bond acceptors (Lipinski definition) is 3. The van der Waals surface area contributed by atoms with E-state index in [1.807, 2.05) is 12.1 Å². The first kappa shape index (κ1) is 16.2. The summed E-state index contributed by atoms with van der Waals surface area (Å²) in [6, 6.07) is 13.4. The number of para-hydroxylation sites is 1. The Balaban J connectivity index is 1.92. The molecular formula is C16H14BrFN2O2. The van der Waals surface area contributed by atoms with Gasteiger partial charge in [0.2, 0.25) is 0 Å². The van der Waals surface area contributed by atoms with Crippen LogP contribution >= 0.6 is 15.9 Å². The molecule has 0 fully saturated rings. The number of benzene rings is 2. The highest BCUT2D eigenvalue weighted by atomic mass is 79.9. The molecule has 1 amide bonds. The molecule has 0 aromatic heterocycles. The van der Waals surface area contributed by atoms with Crippen molar-refractivity contribution in [2.24, 2.45) is 5.10 Å². The first-order valence-corrected chi connectivity index (χ1v) is 7.36. The van der Waals surface area contributed by atoms with Gasteiger partial charge in [-0.2, -0.15) is 5.10 Å². The summed E-state index contributed by atoms with van der Waals surface area (Å²) in [4.78, 5) is 11.9. The Kier molecular flexibility index (Phi) is 5.66. The number of hydrazone groups is 1. The van der Waals surface area contributed by atoms with Gasteiger partial charge in [0.1, 0.15) is 11.6 Å². The van der Waals surface area contributed by atoms with Gasteiger partial charge in [0, 0.05) is 5.56 Å². The van der Waals surface area contributed by atoms with Crippen LogP contribution < -0.4 is 10.2 Å². The van der Waals surface area contributed by atoms with Gasteiger partial charge in [-0.1, -0.05) is 30.3 Å². The fourth-order valence-electron chi connectivity index (χ4n) is 1.62. The number of halogens is 2. The molecule has 114 valence electrons. The Hall–Kier alpha value is -2.21. The summed E-state index contributed by atoms with van der Waals surface area (Å²) < 4.78 is 19.7. The second-order valence-corrected chi connectivity index (χ2v) is 5.30. The van der Waals surface area contributed by atoms with Crippen molar-refractivity contribution >= 4 is 28.1 Å². The number of nitrogens with one attached hydrogen (secondary N) is 1. The highest BCUT2D eigenvalue weighted by molar-refractivity contribution is 9.10. The van der Waals surface area contributed by atoms with Gasteiger partial charge in [-0.15, -0.1) is 0 Å². The van der Waals surface area contributed by atoms with Crippen LogP contribution in [0.3, 0.4) is 0 Å². The minimum Gasteiger partial charge on any atom is -0.480 e. The Morgan fingerprint density at radius 2 is 1.95 bits per heavy atom. The Morgan fingerprint density at radius 1 is 1.27 bits per heavy atom. The molecule has 0 bridgehead atoms. The lowest BCUT2D eigenvalue weighted by molar-refractivity contribution is -0.127. The lowest BCUT2D eigenvalue weighted by Crippen LogP contribution is -2.33. The van der Waals surface area contributed by atoms with Crippen molar-refractivity contribution in [3.05, 3.63) is 64.4 Å². The second kappa shape index (κ2) is 7.70. The van der Waals surface area contributed by atoms with E-state index in [0.29, 0.717) is 11.3 Å². The van der Waals surface area contributed by atoms with Gasteiger partial charge in [-0.3, -0.25) is 4.79 Å². The van der Waals surface area contributed by atoms with Crippen LogP contribution in [-0.4, -0.2) is 18.2 Å². The van der Waals surface area contributed by atoms with Crippen LogP contribution in [0.1, 0.15) is 12.5 Å². The van der Waals surface area contributed by atoms with Crippen LogP contribution in [0.5, 0.6) is 5.75 Å². The molecule has 2 rings (SSSR count). The quantitative estimate of drug-likeness (QED) is 0.651. The smallest absolute Gasteiger partial charge is 0.280 e. The van der Waals surface area contributed by atoms with Crippen LogP contribution in [-0.2, 0) is 4.79 Å². The van der Waals surface area contributed by atoms with E-state index in [2.05, 4.69) is 26.5 Å². The second-order valence-electron chi connectivity index (χ2n) is 4.45. The molecule has 4 nitrogen and oxygen atoms in total. The minimum absolute atomic E-state index is 0.294. The first-order chi connectivity index (χ1) is 10.6. The van der Waals surface area contributed by atoms with E-state index in [1.165, 1.54) is 12.3 Å². The Labute approximate surface area is 136 Å². The maximum Gasteiger partial charge on any atom is 0.280 e. The predicted octanol–water partition coefficient (Wildman–Crippen LogP) is 3.51. The van der Waals surface area contributed by atoms with Gasteiger partial charge in [0.15, 0.2) is 6.10 Å². The molecule has 0 saturated heterocycles. The molecule has 0 radical (unpaired) electrons. The van der Waals surface area contributed by atoms with E-state index in [4.69, 9.17) is 4.74 Å². The molecule has 22 heavy (non-hydrogen) atoms. The van der Waals surface area contributed by atoms with Crippen LogP contribution in [0, 0.1) is 5.82 Å². The molecule has 0 aliphatic carbocycles. The summed E-state index contributed by atoms with van der Waals surface area (Å²) in [6.07, 6.45) is 0.509. The third kappa shape index (κ3) is 4.39. The maximum absolute atomic E-state index is 13.4. The average Bonchev–Trinajstić information content (AvgIpc) is 2.51. The third-order valence-corrected chi connectivity index (χ3v) is 3.45. The van der Waals surface area contributed by atoms with Crippen molar-refractivity contribution in [3.63, 3.8) is 0 Å². The molecule has 1 unspecified atom stereocenters. The predicted molar refractivity (Wildman–Crippen MR) is 86.4 cm³/mol. The summed E-state index contributed by atoms with van der Waals surface area (Å²) >= 11 is 3.34. The maximum atomic E-state index is 13.4. The molecule has 0 spiro atoms. The van der Waals surface area contributed by atoms with Crippen LogP contribution in [0.25, 0.3) is 0 Å². The molecule has 1 atom stereocenters. The molecule has 2 aromatic carbocycles. The fraction of sp³-hybridized carbons (Fsp3) is 0.125. The summed E-state index contributed by atoms with van der Waals surface area (Å²) in [5.41, 5.74) is 2.62. The zero-order valence-corrected chi connectivity index (χ0v) is 13.4. The summed E-state index contributed by atoms with van der Waals surface area (Å²) in [5, 5.41) is 3.73. The Bertz CT molecular complexity index is 691. The third-order valence-electron chi connectivity index (χ3n) is 2.79. The van der Waals surface area contributed by atoms with Gasteiger partial charge < -0.3 is 4.74 Å². The molecule has 2 aromatic rings. The molecule has 0 heterocycles. The number of ether oxygens (including phenoxy) is 1. The van der Waals surface area contributed by atoms with Crippen molar-refractivity contribution in [1.29, 1.82) is 0 Å². The van der Waals surface area contributed by atoms with Crippen molar-refractivity contribution in [2.45, 2.75) is 13.0 Å².